The summed E-state index contributed by atoms with van der Waals surface area (Å²) in [5.41, 5.74) is 2.24. The van der Waals surface area contributed by atoms with Crippen molar-refractivity contribution in [3.05, 3.63) is 24.0 Å². The number of aromatic nitrogens is 1. The Bertz CT molecular complexity index is 374. The van der Waals surface area contributed by atoms with Gasteiger partial charge in [0.05, 0.1) is 5.69 Å². The number of carbonyl (C=O) groups is 1. The van der Waals surface area contributed by atoms with Gasteiger partial charge < -0.3 is 4.90 Å². The molecule has 0 aromatic carbocycles. The molecule has 1 amide bonds. The molecule has 3 heteroatoms. The Labute approximate surface area is 90.1 Å². The number of hydrogen-bond donors (Lipinski definition) is 0. The van der Waals surface area contributed by atoms with Crippen LogP contribution < -0.4 is 4.90 Å². The minimum absolute atomic E-state index is 0.219. The molecule has 1 aliphatic heterocycles. The fourth-order valence-electron chi connectivity index (χ4n) is 2.10. The number of amides is 1. The van der Waals surface area contributed by atoms with Gasteiger partial charge >= 0.3 is 0 Å². The number of fused-ring (bicyclic) bond motifs is 1. The second-order valence-electron chi connectivity index (χ2n) is 4.22. The molecular weight excluding hydrogens is 188 g/mol. The van der Waals surface area contributed by atoms with E-state index in [1.54, 1.807) is 6.20 Å². The number of anilines is 1. The van der Waals surface area contributed by atoms with E-state index in [0.717, 1.165) is 18.5 Å². The summed E-state index contributed by atoms with van der Waals surface area (Å²) in [4.78, 5) is 17.9. The molecule has 15 heavy (non-hydrogen) atoms. The summed E-state index contributed by atoms with van der Waals surface area (Å²) >= 11 is 0. The van der Waals surface area contributed by atoms with Crippen molar-refractivity contribution in [2.75, 3.05) is 4.90 Å². The highest BCUT2D eigenvalue weighted by Crippen LogP contribution is 2.27. The SMILES string of the molecule is CC(C)N1C(=O)CCCc2cnccc21. The maximum absolute atomic E-state index is 11.9. The Morgan fingerprint density at radius 3 is 2.93 bits per heavy atom. The fraction of sp³-hybridized carbons (Fsp3) is 0.500. The highest BCUT2D eigenvalue weighted by atomic mass is 16.2. The Hall–Kier alpha value is -1.38. The van der Waals surface area contributed by atoms with E-state index in [1.807, 2.05) is 31.0 Å². The van der Waals surface area contributed by atoms with Gasteiger partial charge in [0.1, 0.15) is 0 Å². The molecule has 3 nitrogen and oxygen atoms in total. The van der Waals surface area contributed by atoms with Crippen molar-refractivity contribution in [2.45, 2.75) is 39.2 Å². The predicted molar refractivity (Wildman–Crippen MR) is 59.8 cm³/mol. The molecule has 0 atom stereocenters. The fourth-order valence-corrected chi connectivity index (χ4v) is 2.10. The van der Waals surface area contributed by atoms with Gasteiger partial charge in [-0.1, -0.05) is 0 Å². The van der Waals surface area contributed by atoms with Crippen LogP contribution in [-0.2, 0) is 11.2 Å². The van der Waals surface area contributed by atoms with E-state index in [2.05, 4.69) is 4.98 Å². The van der Waals surface area contributed by atoms with Gasteiger partial charge in [0.2, 0.25) is 5.91 Å². The van der Waals surface area contributed by atoms with Gasteiger partial charge in [-0.25, -0.2) is 0 Å². The third-order valence-electron chi connectivity index (χ3n) is 2.76. The maximum Gasteiger partial charge on any atom is 0.227 e. The molecule has 0 fully saturated rings. The van der Waals surface area contributed by atoms with E-state index < -0.39 is 0 Å². The molecular formula is C12H16N2O. The van der Waals surface area contributed by atoms with Crippen molar-refractivity contribution < 1.29 is 4.79 Å². The molecule has 2 rings (SSSR count). The summed E-state index contributed by atoms with van der Waals surface area (Å²) in [6.45, 7) is 4.10. The van der Waals surface area contributed by atoms with Crippen molar-refractivity contribution in [3.63, 3.8) is 0 Å². The molecule has 0 N–H and O–H groups in total. The van der Waals surface area contributed by atoms with E-state index in [-0.39, 0.29) is 11.9 Å². The first kappa shape index (κ1) is 10.1. The van der Waals surface area contributed by atoms with E-state index in [4.69, 9.17) is 0 Å². The van der Waals surface area contributed by atoms with Crippen molar-refractivity contribution in [1.29, 1.82) is 0 Å². The number of carbonyl (C=O) groups excluding carboxylic acids is 1. The first-order chi connectivity index (χ1) is 7.20. The number of rotatable bonds is 1. The lowest BCUT2D eigenvalue weighted by Gasteiger charge is -2.26. The van der Waals surface area contributed by atoms with E-state index in [1.165, 1.54) is 5.56 Å². The van der Waals surface area contributed by atoms with Crippen LogP contribution in [-0.4, -0.2) is 16.9 Å². The Balaban J connectivity index is 2.47. The number of nitrogens with zero attached hydrogens (tertiary/aromatic N) is 2. The number of aryl methyl sites for hydroxylation is 1. The second kappa shape index (κ2) is 4.01. The average Bonchev–Trinajstić information content (AvgIpc) is 2.35. The minimum Gasteiger partial charge on any atom is -0.310 e. The van der Waals surface area contributed by atoms with Crippen LogP contribution in [0, 0.1) is 0 Å². The number of hydrogen-bond acceptors (Lipinski definition) is 2. The van der Waals surface area contributed by atoms with Crippen molar-refractivity contribution >= 4 is 11.6 Å². The van der Waals surface area contributed by atoms with Gasteiger partial charge in [-0.15, -0.1) is 0 Å². The molecule has 0 saturated heterocycles. The molecule has 1 aromatic rings. The van der Waals surface area contributed by atoms with Crippen LogP contribution in [0.1, 0.15) is 32.3 Å². The van der Waals surface area contributed by atoms with Crippen molar-refractivity contribution in [1.82, 2.24) is 4.98 Å². The second-order valence-corrected chi connectivity index (χ2v) is 4.22. The summed E-state index contributed by atoms with van der Waals surface area (Å²) in [5, 5.41) is 0. The molecule has 80 valence electrons. The smallest absolute Gasteiger partial charge is 0.227 e. The Morgan fingerprint density at radius 2 is 2.20 bits per heavy atom. The summed E-state index contributed by atoms with van der Waals surface area (Å²) in [6, 6.07) is 2.16. The van der Waals surface area contributed by atoms with E-state index in [0.29, 0.717) is 6.42 Å². The lowest BCUT2D eigenvalue weighted by Crippen LogP contribution is -2.36. The largest absolute Gasteiger partial charge is 0.310 e. The maximum atomic E-state index is 11.9. The lowest BCUT2D eigenvalue weighted by atomic mass is 10.1. The molecule has 0 aliphatic carbocycles. The van der Waals surface area contributed by atoms with Crippen LogP contribution in [0.15, 0.2) is 18.5 Å². The van der Waals surface area contributed by atoms with Crippen LogP contribution in [0.3, 0.4) is 0 Å². The first-order valence-corrected chi connectivity index (χ1v) is 5.45. The zero-order valence-electron chi connectivity index (χ0n) is 9.23. The minimum atomic E-state index is 0.219. The lowest BCUT2D eigenvalue weighted by molar-refractivity contribution is -0.118. The normalized spacial score (nSPS) is 16.5. The van der Waals surface area contributed by atoms with Gasteiger partial charge in [-0.2, -0.15) is 0 Å². The molecule has 1 aromatic heterocycles. The van der Waals surface area contributed by atoms with Gasteiger partial charge in [0.15, 0.2) is 0 Å². The number of pyridine rings is 1. The molecule has 0 bridgehead atoms. The summed E-state index contributed by atoms with van der Waals surface area (Å²) in [5.74, 6) is 0.231. The van der Waals surface area contributed by atoms with Crippen molar-refractivity contribution in [3.8, 4) is 0 Å². The quantitative estimate of drug-likeness (QED) is 0.702. The van der Waals surface area contributed by atoms with Crippen LogP contribution in [0.5, 0.6) is 0 Å². The van der Waals surface area contributed by atoms with Gasteiger partial charge in [-0.3, -0.25) is 9.78 Å². The molecule has 1 aliphatic rings. The predicted octanol–water partition coefficient (Wildman–Crippen LogP) is 2.16. The van der Waals surface area contributed by atoms with Crippen LogP contribution >= 0.6 is 0 Å². The first-order valence-electron chi connectivity index (χ1n) is 5.45. The van der Waals surface area contributed by atoms with Crippen molar-refractivity contribution in [2.24, 2.45) is 0 Å². The third-order valence-corrected chi connectivity index (χ3v) is 2.76. The average molecular weight is 204 g/mol. The standard InChI is InChI=1S/C12H16N2O/c1-9(2)14-11-6-7-13-8-10(11)4-3-5-12(14)15/h6-9H,3-5H2,1-2H3. The molecule has 0 unspecified atom stereocenters. The van der Waals surface area contributed by atoms with Crippen LogP contribution in [0.4, 0.5) is 5.69 Å². The Kier molecular flexibility index (Phi) is 2.71. The summed E-state index contributed by atoms with van der Waals surface area (Å²) < 4.78 is 0. The topological polar surface area (TPSA) is 33.2 Å². The zero-order valence-corrected chi connectivity index (χ0v) is 9.23. The highest BCUT2D eigenvalue weighted by molar-refractivity contribution is 5.95. The third kappa shape index (κ3) is 1.87. The van der Waals surface area contributed by atoms with Crippen LogP contribution in [0.2, 0.25) is 0 Å². The summed E-state index contributed by atoms with van der Waals surface area (Å²) in [6.07, 6.45) is 6.17. The molecule has 0 radical (unpaired) electrons. The summed E-state index contributed by atoms with van der Waals surface area (Å²) in [7, 11) is 0. The van der Waals surface area contributed by atoms with Gasteiger partial charge in [-0.05, 0) is 38.3 Å². The van der Waals surface area contributed by atoms with Gasteiger partial charge in [0.25, 0.3) is 0 Å². The van der Waals surface area contributed by atoms with E-state index in [9.17, 15) is 4.79 Å². The van der Waals surface area contributed by atoms with Gasteiger partial charge in [0, 0.05) is 24.9 Å². The molecule has 0 spiro atoms. The Morgan fingerprint density at radius 1 is 1.40 bits per heavy atom. The van der Waals surface area contributed by atoms with Crippen LogP contribution in [0.25, 0.3) is 0 Å². The zero-order chi connectivity index (χ0) is 10.8. The van der Waals surface area contributed by atoms with E-state index >= 15 is 0 Å². The highest BCUT2D eigenvalue weighted by Gasteiger charge is 2.23. The monoisotopic (exact) mass is 204 g/mol. The molecule has 2 heterocycles. The molecule has 0 saturated carbocycles.